The molecule has 0 bridgehead atoms. The van der Waals surface area contributed by atoms with Crippen molar-refractivity contribution in [2.75, 3.05) is 5.32 Å². The molecule has 0 aliphatic rings. The number of oxazole rings is 1. The van der Waals surface area contributed by atoms with Gasteiger partial charge in [-0.15, -0.1) is 0 Å². The maximum atomic E-state index is 12.0. The van der Waals surface area contributed by atoms with E-state index in [1.807, 2.05) is 30.3 Å². The van der Waals surface area contributed by atoms with Gasteiger partial charge >= 0.3 is 5.63 Å². The number of nitrogens with one attached hydrogen (secondary N) is 1. The second-order valence-electron chi connectivity index (χ2n) is 8.08. The van der Waals surface area contributed by atoms with Crippen molar-refractivity contribution in [2.24, 2.45) is 0 Å². The Morgan fingerprint density at radius 2 is 1.82 bits per heavy atom. The topological polar surface area (TPSA) is 68.3 Å². The first-order valence-electron chi connectivity index (χ1n) is 9.54. The van der Waals surface area contributed by atoms with Crippen LogP contribution in [-0.2, 0) is 18.4 Å². The maximum Gasteiger partial charge on any atom is 0.336 e. The third-order valence-corrected chi connectivity index (χ3v) is 4.81. The molecule has 0 amide bonds. The molecule has 0 saturated heterocycles. The minimum Gasteiger partial charge on any atom is -0.440 e. The Kier molecular flexibility index (Phi) is 4.46. The zero-order valence-electron chi connectivity index (χ0n) is 16.6. The Hall–Kier alpha value is -3.08. The predicted molar refractivity (Wildman–Crippen MR) is 112 cm³/mol. The largest absolute Gasteiger partial charge is 0.440 e. The zero-order chi connectivity index (χ0) is 19.9. The average molecular weight is 376 g/mol. The number of aryl methyl sites for hydroxylation is 1. The summed E-state index contributed by atoms with van der Waals surface area (Å²) in [6.07, 6.45) is 0.899. The van der Waals surface area contributed by atoms with Gasteiger partial charge in [0.05, 0.1) is 0 Å². The van der Waals surface area contributed by atoms with Crippen molar-refractivity contribution in [3.8, 4) is 0 Å². The molecule has 0 saturated carbocycles. The first-order chi connectivity index (χ1) is 13.3. The quantitative estimate of drug-likeness (QED) is 0.483. The van der Waals surface area contributed by atoms with Gasteiger partial charge in [0.2, 0.25) is 5.89 Å². The first-order valence-corrected chi connectivity index (χ1v) is 9.54. The number of hydrogen-bond donors (Lipinski definition) is 1. The Morgan fingerprint density at radius 3 is 2.57 bits per heavy atom. The number of hydrogen-bond acceptors (Lipinski definition) is 5. The van der Waals surface area contributed by atoms with Gasteiger partial charge in [-0.2, -0.15) is 0 Å². The molecular formula is C23H24N2O3. The van der Waals surface area contributed by atoms with Crippen LogP contribution in [0.3, 0.4) is 0 Å². The number of benzene rings is 2. The van der Waals surface area contributed by atoms with Crippen molar-refractivity contribution in [3.63, 3.8) is 0 Å². The second-order valence-corrected chi connectivity index (χ2v) is 8.08. The lowest BCUT2D eigenvalue weighted by Crippen LogP contribution is -2.10. The van der Waals surface area contributed by atoms with E-state index < -0.39 is 0 Å². The van der Waals surface area contributed by atoms with Crippen molar-refractivity contribution in [1.82, 2.24) is 4.98 Å². The smallest absolute Gasteiger partial charge is 0.336 e. The molecule has 0 radical (unpaired) electrons. The Balaban J connectivity index is 1.63. The van der Waals surface area contributed by atoms with Crippen LogP contribution in [0.25, 0.3) is 22.1 Å². The lowest BCUT2D eigenvalue weighted by atomic mass is 9.97. The minimum atomic E-state index is -0.334. The molecule has 0 aliphatic carbocycles. The van der Waals surface area contributed by atoms with Gasteiger partial charge in [0.1, 0.15) is 11.1 Å². The first kappa shape index (κ1) is 18.3. The molecule has 5 nitrogen and oxygen atoms in total. The fraction of sp³-hybridized carbons (Fsp3) is 0.304. The highest BCUT2D eigenvalue weighted by atomic mass is 16.4. The highest BCUT2D eigenvalue weighted by molar-refractivity contribution is 5.81. The van der Waals surface area contributed by atoms with Gasteiger partial charge in [0.25, 0.3) is 0 Å². The molecule has 4 aromatic rings. The summed E-state index contributed by atoms with van der Waals surface area (Å²) in [6, 6.07) is 13.4. The molecular weight excluding hydrogens is 352 g/mol. The van der Waals surface area contributed by atoms with E-state index in [9.17, 15) is 4.79 Å². The van der Waals surface area contributed by atoms with E-state index in [1.165, 1.54) is 0 Å². The van der Waals surface area contributed by atoms with Crippen LogP contribution in [0.15, 0.2) is 56.1 Å². The Labute approximate surface area is 163 Å². The summed E-state index contributed by atoms with van der Waals surface area (Å²) >= 11 is 0. The van der Waals surface area contributed by atoms with Crippen LogP contribution in [0.5, 0.6) is 0 Å². The molecule has 2 aromatic heterocycles. The van der Waals surface area contributed by atoms with Crippen molar-refractivity contribution in [1.29, 1.82) is 0 Å². The van der Waals surface area contributed by atoms with E-state index in [2.05, 4.69) is 44.1 Å². The summed E-state index contributed by atoms with van der Waals surface area (Å²) in [5, 5.41) is 4.33. The summed E-state index contributed by atoms with van der Waals surface area (Å²) in [7, 11) is 0. The van der Waals surface area contributed by atoms with Gasteiger partial charge in [-0.1, -0.05) is 39.8 Å². The van der Waals surface area contributed by atoms with Crippen LogP contribution < -0.4 is 10.9 Å². The predicted octanol–water partition coefficient (Wildman–Crippen LogP) is 5.41. The molecule has 0 atom stereocenters. The van der Waals surface area contributed by atoms with E-state index >= 15 is 0 Å². The molecule has 0 fully saturated rings. The summed E-state index contributed by atoms with van der Waals surface area (Å²) in [4.78, 5) is 16.6. The van der Waals surface area contributed by atoms with E-state index in [0.29, 0.717) is 12.1 Å². The SMILES string of the molecule is CCc1ccc2c(CNc3ccc4oc(C(C)(C)C)nc4c3)cc(=O)oc2c1. The molecule has 1 N–H and O–H groups in total. The molecule has 4 rings (SSSR count). The third kappa shape index (κ3) is 3.52. The fourth-order valence-corrected chi connectivity index (χ4v) is 3.20. The maximum absolute atomic E-state index is 12.0. The molecule has 5 heteroatoms. The molecule has 0 unspecified atom stereocenters. The average Bonchev–Trinajstić information content (AvgIpc) is 3.09. The van der Waals surface area contributed by atoms with E-state index in [1.54, 1.807) is 6.07 Å². The van der Waals surface area contributed by atoms with Gasteiger partial charge in [0, 0.05) is 29.1 Å². The summed E-state index contributed by atoms with van der Waals surface area (Å²) in [5.41, 5.74) is 4.73. The van der Waals surface area contributed by atoms with Crippen LogP contribution in [0, 0.1) is 0 Å². The lowest BCUT2D eigenvalue weighted by Gasteiger charge is -2.11. The summed E-state index contributed by atoms with van der Waals surface area (Å²) in [5.74, 6) is 0.720. The number of fused-ring (bicyclic) bond motifs is 2. The van der Waals surface area contributed by atoms with E-state index in [4.69, 9.17) is 8.83 Å². The molecule has 144 valence electrons. The normalized spacial score (nSPS) is 12.0. The third-order valence-electron chi connectivity index (χ3n) is 4.81. The monoisotopic (exact) mass is 376 g/mol. The van der Waals surface area contributed by atoms with Gasteiger partial charge in [-0.05, 0) is 41.8 Å². The summed E-state index contributed by atoms with van der Waals surface area (Å²) < 4.78 is 11.2. The van der Waals surface area contributed by atoms with Gasteiger partial charge in [0.15, 0.2) is 5.58 Å². The zero-order valence-corrected chi connectivity index (χ0v) is 16.6. The van der Waals surface area contributed by atoms with Crippen molar-refractivity contribution in [3.05, 3.63) is 69.9 Å². The van der Waals surface area contributed by atoms with E-state index in [-0.39, 0.29) is 11.0 Å². The number of aromatic nitrogens is 1. The molecule has 2 heterocycles. The molecule has 0 spiro atoms. The Bertz CT molecular complexity index is 1210. The van der Waals surface area contributed by atoms with Crippen LogP contribution >= 0.6 is 0 Å². The molecule has 2 aromatic carbocycles. The standard InChI is InChI=1S/C23H24N2O3/c1-5-14-6-8-17-15(11-21(26)27-20(17)10-14)13-24-16-7-9-19-18(12-16)25-22(28-19)23(2,3)4/h6-12,24H,5,13H2,1-4H3. The minimum absolute atomic E-state index is 0.138. The molecule has 28 heavy (non-hydrogen) atoms. The van der Waals surface area contributed by atoms with Crippen molar-refractivity contribution < 1.29 is 8.83 Å². The molecule has 0 aliphatic heterocycles. The second kappa shape index (κ2) is 6.82. The fourth-order valence-electron chi connectivity index (χ4n) is 3.20. The van der Waals surface area contributed by atoms with Gasteiger partial charge in [-0.3, -0.25) is 0 Å². The van der Waals surface area contributed by atoms with Crippen molar-refractivity contribution in [2.45, 2.75) is 46.1 Å². The highest BCUT2D eigenvalue weighted by Crippen LogP contribution is 2.28. The van der Waals surface area contributed by atoms with Crippen LogP contribution in [0.4, 0.5) is 5.69 Å². The lowest BCUT2D eigenvalue weighted by molar-refractivity contribution is 0.411. The van der Waals surface area contributed by atoms with Crippen molar-refractivity contribution >= 4 is 27.8 Å². The Morgan fingerprint density at radius 1 is 1.00 bits per heavy atom. The number of anilines is 1. The number of nitrogens with zero attached hydrogens (tertiary/aromatic N) is 1. The summed E-state index contributed by atoms with van der Waals surface area (Å²) in [6.45, 7) is 8.82. The van der Waals surface area contributed by atoms with E-state index in [0.717, 1.165) is 45.6 Å². The number of rotatable bonds is 4. The van der Waals surface area contributed by atoms with Crippen LogP contribution in [-0.4, -0.2) is 4.98 Å². The van der Waals surface area contributed by atoms with Gasteiger partial charge in [-0.25, -0.2) is 9.78 Å². The van der Waals surface area contributed by atoms with Gasteiger partial charge < -0.3 is 14.2 Å². The van der Waals surface area contributed by atoms with Crippen LogP contribution in [0.1, 0.15) is 44.7 Å². The highest BCUT2D eigenvalue weighted by Gasteiger charge is 2.21. The van der Waals surface area contributed by atoms with Crippen LogP contribution in [0.2, 0.25) is 0 Å².